The highest BCUT2D eigenvalue weighted by Crippen LogP contribution is 2.37. The summed E-state index contributed by atoms with van der Waals surface area (Å²) in [5, 5.41) is 11.1. The molecule has 4 heteroatoms. The SMILES string of the molecule is O=C([O-])c1ccc2c(c1)/C(=C/CCl)c1ccccc1CO2. The van der Waals surface area contributed by atoms with Crippen molar-refractivity contribution in [3.63, 3.8) is 0 Å². The molecule has 1 heterocycles. The third-order valence-corrected chi connectivity index (χ3v) is 3.63. The van der Waals surface area contributed by atoms with Crippen LogP contribution >= 0.6 is 11.6 Å². The van der Waals surface area contributed by atoms with Gasteiger partial charge in [-0.1, -0.05) is 30.3 Å². The van der Waals surface area contributed by atoms with Gasteiger partial charge in [0.05, 0.1) is 5.97 Å². The summed E-state index contributed by atoms with van der Waals surface area (Å²) in [6, 6.07) is 12.6. The lowest BCUT2D eigenvalue weighted by Gasteiger charge is -2.12. The fourth-order valence-corrected chi connectivity index (χ4v) is 2.65. The molecule has 0 saturated carbocycles. The van der Waals surface area contributed by atoms with Gasteiger partial charge in [-0.15, -0.1) is 11.6 Å². The first-order valence-electron chi connectivity index (χ1n) is 6.53. The van der Waals surface area contributed by atoms with Crippen molar-refractivity contribution in [1.82, 2.24) is 0 Å². The number of aromatic carboxylic acids is 1. The van der Waals surface area contributed by atoms with E-state index >= 15 is 0 Å². The monoisotopic (exact) mass is 299 g/mol. The van der Waals surface area contributed by atoms with Crippen molar-refractivity contribution in [3.05, 3.63) is 70.8 Å². The Morgan fingerprint density at radius 2 is 2.05 bits per heavy atom. The molecule has 21 heavy (non-hydrogen) atoms. The van der Waals surface area contributed by atoms with Crippen LogP contribution in [-0.2, 0) is 6.61 Å². The molecule has 2 aromatic carbocycles. The molecule has 0 bridgehead atoms. The van der Waals surface area contributed by atoms with Crippen molar-refractivity contribution >= 4 is 23.1 Å². The Hall–Kier alpha value is -2.26. The second kappa shape index (κ2) is 5.62. The van der Waals surface area contributed by atoms with Crippen LogP contribution in [0.5, 0.6) is 5.75 Å². The number of hydrogen-bond donors (Lipinski definition) is 0. The summed E-state index contributed by atoms with van der Waals surface area (Å²) in [4.78, 5) is 11.1. The largest absolute Gasteiger partial charge is 0.545 e. The van der Waals surface area contributed by atoms with E-state index in [-0.39, 0.29) is 5.56 Å². The molecule has 1 aliphatic rings. The van der Waals surface area contributed by atoms with E-state index in [9.17, 15) is 9.90 Å². The lowest BCUT2D eigenvalue weighted by atomic mass is 9.93. The number of benzene rings is 2. The first-order chi connectivity index (χ1) is 10.2. The second-order valence-corrected chi connectivity index (χ2v) is 5.02. The average Bonchev–Trinajstić information content (AvgIpc) is 2.65. The van der Waals surface area contributed by atoms with E-state index in [0.717, 1.165) is 22.3 Å². The molecule has 0 aromatic heterocycles. The van der Waals surface area contributed by atoms with Crippen LogP contribution in [0, 0.1) is 0 Å². The van der Waals surface area contributed by atoms with E-state index in [1.54, 1.807) is 12.1 Å². The molecular formula is C17H12ClO3-. The van der Waals surface area contributed by atoms with Gasteiger partial charge in [-0.25, -0.2) is 0 Å². The van der Waals surface area contributed by atoms with E-state index in [0.29, 0.717) is 18.2 Å². The van der Waals surface area contributed by atoms with E-state index in [1.807, 2.05) is 30.3 Å². The molecule has 3 nitrogen and oxygen atoms in total. The van der Waals surface area contributed by atoms with Gasteiger partial charge in [-0.3, -0.25) is 0 Å². The van der Waals surface area contributed by atoms with E-state index in [1.165, 1.54) is 6.07 Å². The molecule has 2 aromatic rings. The third kappa shape index (κ3) is 2.52. The van der Waals surface area contributed by atoms with Crippen molar-refractivity contribution in [2.45, 2.75) is 6.61 Å². The van der Waals surface area contributed by atoms with Gasteiger partial charge >= 0.3 is 0 Å². The van der Waals surface area contributed by atoms with Crippen LogP contribution in [0.3, 0.4) is 0 Å². The number of ether oxygens (including phenoxy) is 1. The van der Waals surface area contributed by atoms with Crippen LogP contribution in [0.25, 0.3) is 5.57 Å². The summed E-state index contributed by atoms with van der Waals surface area (Å²) < 4.78 is 5.79. The van der Waals surface area contributed by atoms with Gasteiger partial charge in [0.2, 0.25) is 0 Å². The Kier molecular flexibility index (Phi) is 3.67. The number of carboxylic acid groups (broad SMARTS) is 1. The van der Waals surface area contributed by atoms with Gasteiger partial charge in [0.15, 0.2) is 0 Å². The Morgan fingerprint density at radius 1 is 1.24 bits per heavy atom. The smallest absolute Gasteiger partial charge is 0.127 e. The Bertz CT molecular complexity index is 735. The van der Waals surface area contributed by atoms with Gasteiger partial charge in [0, 0.05) is 11.4 Å². The van der Waals surface area contributed by atoms with Crippen LogP contribution in [0.15, 0.2) is 48.5 Å². The molecule has 106 valence electrons. The first kappa shape index (κ1) is 13.7. The number of alkyl halides is 1. The highest BCUT2D eigenvalue weighted by Gasteiger charge is 2.19. The minimum Gasteiger partial charge on any atom is -0.545 e. The molecule has 0 N–H and O–H groups in total. The van der Waals surface area contributed by atoms with Crippen LogP contribution in [0.4, 0.5) is 0 Å². The number of carbonyl (C=O) groups excluding carboxylic acids is 1. The summed E-state index contributed by atoms with van der Waals surface area (Å²) in [6.07, 6.45) is 1.87. The Morgan fingerprint density at radius 3 is 2.81 bits per heavy atom. The number of allylic oxidation sites excluding steroid dienone is 1. The molecule has 0 atom stereocenters. The molecule has 0 unspecified atom stereocenters. The normalized spacial score (nSPS) is 14.8. The number of rotatable bonds is 2. The maximum atomic E-state index is 11.1. The topological polar surface area (TPSA) is 49.4 Å². The minimum absolute atomic E-state index is 0.122. The molecule has 1 aliphatic heterocycles. The van der Waals surface area contributed by atoms with Crippen molar-refractivity contribution in [3.8, 4) is 5.75 Å². The third-order valence-electron chi connectivity index (χ3n) is 3.48. The molecule has 3 rings (SSSR count). The second-order valence-electron chi connectivity index (χ2n) is 4.72. The lowest BCUT2D eigenvalue weighted by molar-refractivity contribution is -0.255. The zero-order chi connectivity index (χ0) is 14.8. The summed E-state index contributed by atoms with van der Waals surface area (Å²) in [5.74, 6) is -0.230. The Balaban J connectivity index is 2.24. The fourth-order valence-electron chi connectivity index (χ4n) is 2.50. The standard InChI is InChI=1S/C17H13ClO3/c18-8-7-14-13-4-2-1-3-12(13)10-21-16-6-5-11(17(19)20)9-15(14)16/h1-7,9H,8,10H2,(H,19,20)/p-1/b14-7+. The molecular weight excluding hydrogens is 288 g/mol. The number of carboxylic acids is 1. The molecule has 0 saturated heterocycles. The fraction of sp³-hybridized carbons (Fsp3) is 0.118. The molecule has 0 amide bonds. The van der Waals surface area contributed by atoms with Crippen LogP contribution in [0.1, 0.15) is 27.0 Å². The van der Waals surface area contributed by atoms with Gasteiger partial charge in [0.1, 0.15) is 12.4 Å². The Labute approximate surface area is 127 Å². The van der Waals surface area contributed by atoms with E-state index in [2.05, 4.69) is 0 Å². The number of carbonyl (C=O) groups is 1. The molecule has 0 aliphatic carbocycles. The summed E-state index contributed by atoms with van der Waals surface area (Å²) in [5.41, 5.74) is 3.78. The van der Waals surface area contributed by atoms with Gasteiger partial charge in [-0.2, -0.15) is 0 Å². The average molecular weight is 300 g/mol. The molecule has 0 spiro atoms. The maximum Gasteiger partial charge on any atom is 0.127 e. The van der Waals surface area contributed by atoms with E-state index in [4.69, 9.17) is 16.3 Å². The predicted molar refractivity (Wildman–Crippen MR) is 79.3 cm³/mol. The van der Waals surface area contributed by atoms with E-state index < -0.39 is 5.97 Å². The maximum absolute atomic E-state index is 11.1. The van der Waals surface area contributed by atoms with Gasteiger partial charge in [0.25, 0.3) is 0 Å². The zero-order valence-corrected chi connectivity index (χ0v) is 11.9. The quantitative estimate of drug-likeness (QED) is 0.801. The molecule has 0 radical (unpaired) electrons. The summed E-state index contributed by atoms with van der Waals surface area (Å²) >= 11 is 5.88. The number of halogens is 1. The highest BCUT2D eigenvalue weighted by atomic mass is 35.5. The van der Waals surface area contributed by atoms with Gasteiger partial charge in [-0.05, 0) is 40.5 Å². The summed E-state index contributed by atoms with van der Waals surface area (Å²) in [7, 11) is 0. The zero-order valence-electron chi connectivity index (χ0n) is 11.1. The lowest BCUT2D eigenvalue weighted by Crippen LogP contribution is -2.22. The van der Waals surface area contributed by atoms with Crippen molar-refractivity contribution in [2.24, 2.45) is 0 Å². The van der Waals surface area contributed by atoms with Crippen LogP contribution in [0.2, 0.25) is 0 Å². The van der Waals surface area contributed by atoms with Gasteiger partial charge < -0.3 is 14.6 Å². The van der Waals surface area contributed by atoms with Crippen molar-refractivity contribution in [1.29, 1.82) is 0 Å². The van der Waals surface area contributed by atoms with Crippen molar-refractivity contribution < 1.29 is 14.6 Å². The number of hydrogen-bond acceptors (Lipinski definition) is 3. The first-order valence-corrected chi connectivity index (χ1v) is 7.07. The predicted octanol–water partition coefficient (Wildman–Crippen LogP) is 2.61. The number of fused-ring (bicyclic) bond motifs is 2. The van der Waals surface area contributed by atoms with Crippen molar-refractivity contribution in [2.75, 3.05) is 5.88 Å². The van der Waals surface area contributed by atoms with Crippen LogP contribution in [-0.4, -0.2) is 11.8 Å². The minimum atomic E-state index is -1.21. The summed E-state index contributed by atoms with van der Waals surface area (Å²) in [6.45, 7) is 0.438. The highest BCUT2D eigenvalue weighted by molar-refractivity contribution is 6.19. The van der Waals surface area contributed by atoms with Crippen LogP contribution < -0.4 is 9.84 Å². The molecule has 0 fully saturated rings.